The molecular formula is C14H24N2. The van der Waals surface area contributed by atoms with Crippen LogP contribution in [0.25, 0.3) is 0 Å². The van der Waals surface area contributed by atoms with Crippen molar-refractivity contribution in [3.63, 3.8) is 0 Å². The van der Waals surface area contributed by atoms with Crippen LogP contribution in [0.1, 0.15) is 37.8 Å². The molecule has 1 atom stereocenters. The van der Waals surface area contributed by atoms with Crippen molar-refractivity contribution in [2.45, 2.75) is 46.1 Å². The Hall–Kier alpha value is -0.860. The van der Waals surface area contributed by atoms with E-state index in [9.17, 15) is 0 Å². The summed E-state index contributed by atoms with van der Waals surface area (Å²) >= 11 is 0. The molecule has 0 aliphatic carbocycles. The van der Waals surface area contributed by atoms with Gasteiger partial charge in [0, 0.05) is 6.04 Å². The molecular weight excluding hydrogens is 196 g/mol. The maximum atomic E-state index is 5.59. The minimum Gasteiger partial charge on any atom is -0.271 e. The van der Waals surface area contributed by atoms with Crippen LogP contribution in [0, 0.1) is 12.8 Å². The first-order valence-corrected chi connectivity index (χ1v) is 6.13. The molecule has 1 aromatic rings. The molecule has 1 aromatic carbocycles. The lowest BCUT2D eigenvalue weighted by atomic mass is 9.98. The van der Waals surface area contributed by atoms with E-state index in [4.69, 9.17) is 5.84 Å². The van der Waals surface area contributed by atoms with Crippen molar-refractivity contribution in [2.75, 3.05) is 0 Å². The first kappa shape index (κ1) is 13.2. The van der Waals surface area contributed by atoms with Crippen LogP contribution in [-0.2, 0) is 6.42 Å². The fourth-order valence-corrected chi connectivity index (χ4v) is 1.79. The summed E-state index contributed by atoms with van der Waals surface area (Å²) in [7, 11) is 0. The van der Waals surface area contributed by atoms with Gasteiger partial charge in [0.25, 0.3) is 0 Å². The lowest BCUT2D eigenvalue weighted by Gasteiger charge is -2.17. The SMILES string of the molecule is Cc1ccc(CC(CCC(C)C)NN)cc1. The van der Waals surface area contributed by atoms with Crippen molar-refractivity contribution in [3.05, 3.63) is 35.4 Å². The summed E-state index contributed by atoms with van der Waals surface area (Å²) in [5.74, 6) is 6.33. The summed E-state index contributed by atoms with van der Waals surface area (Å²) in [6.45, 7) is 6.61. The molecule has 0 bridgehead atoms. The summed E-state index contributed by atoms with van der Waals surface area (Å²) < 4.78 is 0. The third-order valence-electron chi connectivity index (χ3n) is 2.93. The van der Waals surface area contributed by atoms with Crippen molar-refractivity contribution >= 4 is 0 Å². The molecule has 0 radical (unpaired) electrons. The van der Waals surface area contributed by atoms with Gasteiger partial charge in [-0.25, -0.2) is 0 Å². The molecule has 0 aromatic heterocycles. The largest absolute Gasteiger partial charge is 0.271 e. The van der Waals surface area contributed by atoms with Crippen LogP contribution in [-0.4, -0.2) is 6.04 Å². The predicted molar refractivity (Wildman–Crippen MR) is 70.1 cm³/mol. The lowest BCUT2D eigenvalue weighted by molar-refractivity contribution is 0.434. The molecule has 1 unspecified atom stereocenters. The van der Waals surface area contributed by atoms with Crippen molar-refractivity contribution < 1.29 is 0 Å². The summed E-state index contributed by atoms with van der Waals surface area (Å²) in [5, 5.41) is 0. The molecule has 0 saturated heterocycles. The number of hydrogen-bond acceptors (Lipinski definition) is 2. The maximum Gasteiger partial charge on any atom is 0.0251 e. The van der Waals surface area contributed by atoms with E-state index in [1.807, 2.05) is 0 Å². The summed E-state index contributed by atoms with van der Waals surface area (Å²) in [6.07, 6.45) is 3.38. The Morgan fingerprint density at radius 1 is 1.12 bits per heavy atom. The van der Waals surface area contributed by atoms with Gasteiger partial charge in [0.15, 0.2) is 0 Å². The second-order valence-corrected chi connectivity index (χ2v) is 5.02. The molecule has 0 fully saturated rings. The normalized spacial score (nSPS) is 13.1. The van der Waals surface area contributed by atoms with Gasteiger partial charge in [-0.1, -0.05) is 43.7 Å². The van der Waals surface area contributed by atoms with Gasteiger partial charge in [-0.05, 0) is 37.7 Å². The molecule has 0 heterocycles. The number of nitrogens with two attached hydrogens (primary N) is 1. The number of hydrogen-bond donors (Lipinski definition) is 2. The van der Waals surface area contributed by atoms with Crippen LogP contribution in [0.5, 0.6) is 0 Å². The summed E-state index contributed by atoms with van der Waals surface area (Å²) in [4.78, 5) is 0. The van der Waals surface area contributed by atoms with Crippen LogP contribution in [0.15, 0.2) is 24.3 Å². The number of rotatable bonds is 6. The van der Waals surface area contributed by atoms with Gasteiger partial charge in [0.2, 0.25) is 0 Å². The van der Waals surface area contributed by atoms with Crippen LogP contribution < -0.4 is 11.3 Å². The van der Waals surface area contributed by atoms with Crippen molar-refractivity contribution in [3.8, 4) is 0 Å². The van der Waals surface area contributed by atoms with Crippen LogP contribution in [0.2, 0.25) is 0 Å². The minimum atomic E-state index is 0.394. The van der Waals surface area contributed by atoms with Crippen LogP contribution in [0.3, 0.4) is 0 Å². The first-order valence-electron chi connectivity index (χ1n) is 6.13. The van der Waals surface area contributed by atoms with Crippen LogP contribution in [0.4, 0.5) is 0 Å². The Labute approximate surface area is 99.2 Å². The van der Waals surface area contributed by atoms with Crippen molar-refractivity contribution in [2.24, 2.45) is 11.8 Å². The van der Waals surface area contributed by atoms with E-state index in [1.165, 1.54) is 17.5 Å². The number of aryl methyl sites for hydroxylation is 1. The van der Waals surface area contributed by atoms with E-state index in [0.29, 0.717) is 6.04 Å². The average Bonchev–Trinajstić information content (AvgIpc) is 2.26. The first-order chi connectivity index (χ1) is 7.61. The third kappa shape index (κ3) is 4.77. The van der Waals surface area contributed by atoms with E-state index in [2.05, 4.69) is 50.5 Å². The molecule has 0 saturated carbocycles. The number of nitrogens with one attached hydrogen (secondary N) is 1. The van der Waals surface area contributed by atoms with Gasteiger partial charge in [-0.15, -0.1) is 0 Å². The molecule has 2 heteroatoms. The Morgan fingerprint density at radius 2 is 1.75 bits per heavy atom. The van der Waals surface area contributed by atoms with Crippen molar-refractivity contribution in [1.82, 2.24) is 5.43 Å². The fraction of sp³-hybridized carbons (Fsp3) is 0.571. The highest BCUT2D eigenvalue weighted by Crippen LogP contribution is 2.12. The van der Waals surface area contributed by atoms with E-state index in [1.54, 1.807) is 0 Å². The van der Waals surface area contributed by atoms with E-state index in [0.717, 1.165) is 18.8 Å². The Kier molecular flexibility index (Phi) is 5.50. The van der Waals surface area contributed by atoms with Gasteiger partial charge in [0.1, 0.15) is 0 Å². The molecule has 0 aliphatic rings. The zero-order valence-electron chi connectivity index (χ0n) is 10.7. The second-order valence-electron chi connectivity index (χ2n) is 5.02. The second kappa shape index (κ2) is 6.66. The lowest BCUT2D eigenvalue weighted by Crippen LogP contribution is -2.36. The maximum absolute atomic E-state index is 5.59. The highest BCUT2D eigenvalue weighted by Gasteiger charge is 2.08. The monoisotopic (exact) mass is 220 g/mol. The fourth-order valence-electron chi connectivity index (χ4n) is 1.79. The molecule has 2 nitrogen and oxygen atoms in total. The third-order valence-corrected chi connectivity index (χ3v) is 2.93. The van der Waals surface area contributed by atoms with Gasteiger partial charge >= 0.3 is 0 Å². The highest BCUT2D eigenvalue weighted by molar-refractivity contribution is 5.22. The molecule has 90 valence electrons. The van der Waals surface area contributed by atoms with Gasteiger partial charge < -0.3 is 0 Å². The quantitative estimate of drug-likeness (QED) is 0.571. The van der Waals surface area contributed by atoms with E-state index >= 15 is 0 Å². The molecule has 16 heavy (non-hydrogen) atoms. The summed E-state index contributed by atoms with van der Waals surface area (Å²) in [5.41, 5.74) is 5.59. The Bertz CT molecular complexity index is 290. The Morgan fingerprint density at radius 3 is 2.25 bits per heavy atom. The predicted octanol–water partition coefficient (Wildman–Crippen LogP) is 2.81. The standard InChI is InChI=1S/C14H24N2/c1-11(2)4-9-14(16-15)10-13-7-5-12(3)6-8-13/h5-8,11,14,16H,4,9-10,15H2,1-3H3. The molecule has 3 N–H and O–H groups in total. The number of benzene rings is 1. The van der Waals surface area contributed by atoms with Gasteiger partial charge in [-0.2, -0.15) is 0 Å². The zero-order valence-corrected chi connectivity index (χ0v) is 10.7. The minimum absolute atomic E-state index is 0.394. The van der Waals surface area contributed by atoms with Crippen molar-refractivity contribution in [1.29, 1.82) is 0 Å². The van der Waals surface area contributed by atoms with E-state index in [-0.39, 0.29) is 0 Å². The Balaban J connectivity index is 2.46. The van der Waals surface area contributed by atoms with Crippen LogP contribution >= 0.6 is 0 Å². The smallest absolute Gasteiger partial charge is 0.0251 e. The molecule has 1 rings (SSSR count). The zero-order chi connectivity index (χ0) is 12.0. The van der Waals surface area contributed by atoms with Gasteiger partial charge in [0.05, 0.1) is 0 Å². The molecule has 0 aliphatic heterocycles. The van der Waals surface area contributed by atoms with Gasteiger partial charge in [-0.3, -0.25) is 11.3 Å². The molecule has 0 spiro atoms. The topological polar surface area (TPSA) is 38.0 Å². The highest BCUT2D eigenvalue weighted by atomic mass is 15.2. The average molecular weight is 220 g/mol. The molecule has 0 amide bonds. The number of hydrazine groups is 1. The summed E-state index contributed by atoms with van der Waals surface area (Å²) in [6, 6.07) is 9.09. The van der Waals surface area contributed by atoms with E-state index < -0.39 is 0 Å².